The Bertz CT molecular complexity index is 643. The van der Waals surface area contributed by atoms with Gasteiger partial charge in [0.15, 0.2) is 0 Å². The smallest absolute Gasteiger partial charge is 0.300 e. The van der Waals surface area contributed by atoms with E-state index in [9.17, 15) is 4.79 Å². The van der Waals surface area contributed by atoms with Gasteiger partial charge in [-0.05, 0) is 31.0 Å². The zero-order valence-electron chi connectivity index (χ0n) is 8.99. The van der Waals surface area contributed by atoms with E-state index < -0.39 is 0 Å². The average molecular weight is 246 g/mol. The van der Waals surface area contributed by atoms with Gasteiger partial charge in [0.05, 0.1) is 5.52 Å². The van der Waals surface area contributed by atoms with Gasteiger partial charge in [-0.25, -0.2) is 9.97 Å². The highest BCUT2D eigenvalue weighted by Crippen LogP contribution is 2.22. The van der Waals surface area contributed by atoms with E-state index in [2.05, 4.69) is 27.1 Å². The summed E-state index contributed by atoms with van der Waals surface area (Å²) in [5, 5.41) is 3.68. The second-order valence-corrected chi connectivity index (χ2v) is 3.58. The van der Waals surface area contributed by atoms with E-state index >= 15 is 0 Å². The van der Waals surface area contributed by atoms with E-state index in [0.717, 1.165) is 5.52 Å². The molecule has 0 spiro atoms. The molecule has 1 aromatic carbocycles. The molecule has 0 aliphatic heterocycles. The Morgan fingerprint density at radius 3 is 3.00 bits per heavy atom. The predicted molar refractivity (Wildman–Crippen MR) is 66.6 cm³/mol. The molecule has 0 bridgehead atoms. The lowest BCUT2D eigenvalue weighted by atomic mass is 10.2. The molecule has 5 heteroatoms. The number of fused-ring (bicyclic) bond motifs is 1. The predicted octanol–water partition coefficient (Wildman–Crippen LogP) is 2.25. The molecule has 4 nitrogen and oxygen atoms in total. The number of aromatic nitrogens is 2. The van der Waals surface area contributed by atoms with Crippen LogP contribution in [-0.2, 0) is 4.79 Å². The van der Waals surface area contributed by atoms with Crippen LogP contribution in [0.2, 0.25) is 5.15 Å². The Hall–Kier alpha value is -2.12. The standard InChI is InChI=1S/C12H8ClN3O/c1-2-3-11(17)16-8-4-5-10-9(6-8)12(13)15-7-14-10/h4-7H,1H3,(H,16,17). The highest BCUT2D eigenvalue weighted by Gasteiger charge is 2.04. The second-order valence-electron chi connectivity index (χ2n) is 3.23. The average Bonchev–Trinajstić information content (AvgIpc) is 2.30. The van der Waals surface area contributed by atoms with Gasteiger partial charge in [0.25, 0.3) is 5.91 Å². The number of hydrogen-bond acceptors (Lipinski definition) is 3. The third-order valence-corrected chi connectivity index (χ3v) is 2.38. The molecule has 0 atom stereocenters. The first-order chi connectivity index (χ1) is 8.20. The number of benzene rings is 1. The minimum absolute atomic E-state index is 0.354. The van der Waals surface area contributed by atoms with Crippen LogP contribution in [0.5, 0.6) is 0 Å². The molecule has 2 rings (SSSR count). The quantitative estimate of drug-likeness (QED) is 0.619. The van der Waals surface area contributed by atoms with Gasteiger partial charge in [-0.3, -0.25) is 4.79 Å². The van der Waals surface area contributed by atoms with Crippen molar-refractivity contribution in [2.45, 2.75) is 6.92 Å². The number of hydrogen-bond donors (Lipinski definition) is 1. The van der Waals surface area contributed by atoms with Crippen molar-refractivity contribution in [1.82, 2.24) is 9.97 Å². The van der Waals surface area contributed by atoms with Crippen LogP contribution in [0.4, 0.5) is 5.69 Å². The molecule has 2 aromatic rings. The van der Waals surface area contributed by atoms with E-state index in [0.29, 0.717) is 16.2 Å². The van der Waals surface area contributed by atoms with Crippen LogP contribution < -0.4 is 5.32 Å². The topological polar surface area (TPSA) is 54.9 Å². The number of carbonyl (C=O) groups excluding carboxylic acids is 1. The van der Waals surface area contributed by atoms with E-state index in [-0.39, 0.29) is 5.91 Å². The zero-order chi connectivity index (χ0) is 12.3. The Morgan fingerprint density at radius 2 is 2.24 bits per heavy atom. The lowest BCUT2D eigenvalue weighted by Gasteiger charge is -2.03. The Labute approximate surface area is 103 Å². The largest absolute Gasteiger partial charge is 0.315 e. The fraction of sp³-hybridized carbons (Fsp3) is 0.0833. The molecule has 0 aliphatic rings. The van der Waals surface area contributed by atoms with Gasteiger partial charge in [0, 0.05) is 11.1 Å². The van der Waals surface area contributed by atoms with Gasteiger partial charge in [0.2, 0.25) is 0 Å². The second kappa shape index (κ2) is 4.81. The zero-order valence-corrected chi connectivity index (χ0v) is 9.75. The lowest BCUT2D eigenvalue weighted by Crippen LogP contribution is -2.08. The molecule has 84 valence electrons. The van der Waals surface area contributed by atoms with Crippen LogP contribution in [0.25, 0.3) is 10.9 Å². The monoisotopic (exact) mass is 245 g/mol. The summed E-state index contributed by atoms with van der Waals surface area (Å²) < 4.78 is 0. The van der Waals surface area contributed by atoms with Crippen molar-refractivity contribution in [1.29, 1.82) is 0 Å². The number of halogens is 1. The normalized spacial score (nSPS) is 9.53. The SMILES string of the molecule is CC#CC(=O)Nc1ccc2ncnc(Cl)c2c1. The summed E-state index contributed by atoms with van der Waals surface area (Å²) in [6, 6.07) is 5.21. The summed E-state index contributed by atoms with van der Waals surface area (Å²) >= 11 is 5.93. The van der Waals surface area contributed by atoms with Gasteiger partial charge >= 0.3 is 0 Å². The molecule has 0 unspecified atom stereocenters. The number of carbonyl (C=O) groups is 1. The van der Waals surface area contributed by atoms with Crippen LogP contribution in [0, 0.1) is 11.8 Å². The van der Waals surface area contributed by atoms with Crippen molar-refractivity contribution in [2.75, 3.05) is 5.32 Å². The maximum absolute atomic E-state index is 11.3. The summed E-state index contributed by atoms with van der Waals surface area (Å²) in [7, 11) is 0. The van der Waals surface area contributed by atoms with Gasteiger partial charge < -0.3 is 5.32 Å². The number of nitrogens with zero attached hydrogens (tertiary/aromatic N) is 2. The molecule has 1 aromatic heterocycles. The Morgan fingerprint density at radius 1 is 1.41 bits per heavy atom. The highest BCUT2D eigenvalue weighted by molar-refractivity contribution is 6.34. The number of amides is 1. The van der Waals surface area contributed by atoms with Crippen molar-refractivity contribution in [2.24, 2.45) is 0 Å². The maximum Gasteiger partial charge on any atom is 0.300 e. The van der Waals surface area contributed by atoms with Crippen molar-refractivity contribution < 1.29 is 4.79 Å². The molecule has 17 heavy (non-hydrogen) atoms. The summed E-state index contributed by atoms with van der Waals surface area (Å²) in [5.74, 6) is 4.55. The van der Waals surface area contributed by atoms with Crippen LogP contribution in [-0.4, -0.2) is 15.9 Å². The first kappa shape index (κ1) is 11.4. The number of nitrogens with one attached hydrogen (secondary N) is 1. The first-order valence-electron chi connectivity index (χ1n) is 4.84. The summed E-state index contributed by atoms with van der Waals surface area (Å²) in [4.78, 5) is 19.2. The van der Waals surface area contributed by atoms with E-state index in [1.54, 1.807) is 25.1 Å². The van der Waals surface area contributed by atoms with E-state index in [1.165, 1.54) is 6.33 Å². The first-order valence-corrected chi connectivity index (χ1v) is 5.22. The van der Waals surface area contributed by atoms with Crippen molar-refractivity contribution >= 4 is 34.1 Å². The van der Waals surface area contributed by atoms with Gasteiger partial charge in [-0.1, -0.05) is 17.5 Å². The molecule has 1 N–H and O–H groups in total. The number of rotatable bonds is 1. The van der Waals surface area contributed by atoms with Crippen molar-refractivity contribution in [3.63, 3.8) is 0 Å². The Kier molecular flexibility index (Phi) is 3.22. The minimum Gasteiger partial charge on any atom is -0.315 e. The third-order valence-electron chi connectivity index (χ3n) is 2.08. The Balaban J connectivity index is 2.40. The summed E-state index contributed by atoms with van der Waals surface area (Å²) in [5.41, 5.74) is 1.34. The molecule has 0 fully saturated rings. The van der Waals surface area contributed by atoms with Crippen LogP contribution in [0.3, 0.4) is 0 Å². The fourth-order valence-electron chi connectivity index (χ4n) is 1.38. The highest BCUT2D eigenvalue weighted by atomic mass is 35.5. The van der Waals surface area contributed by atoms with Gasteiger partial charge in [-0.2, -0.15) is 0 Å². The summed E-state index contributed by atoms with van der Waals surface area (Å²) in [6.45, 7) is 1.60. The molecule has 1 amide bonds. The lowest BCUT2D eigenvalue weighted by molar-refractivity contribution is -0.111. The van der Waals surface area contributed by atoms with Gasteiger partial charge in [0.1, 0.15) is 11.5 Å². The number of anilines is 1. The fourth-order valence-corrected chi connectivity index (χ4v) is 1.57. The molecular formula is C12H8ClN3O. The molecular weight excluding hydrogens is 238 g/mol. The molecule has 0 saturated heterocycles. The molecule has 0 saturated carbocycles. The van der Waals surface area contributed by atoms with Crippen LogP contribution in [0.1, 0.15) is 6.92 Å². The third kappa shape index (κ3) is 2.52. The molecule has 1 heterocycles. The van der Waals surface area contributed by atoms with Crippen molar-refractivity contribution in [3.05, 3.63) is 29.7 Å². The van der Waals surface area contributed by atoms with Crippen LogP contribution >= 0.6 is 11.6 Å². The van der Waals surface area contributed by atoms with E-state index in [1.807, 2.05) is 0 Å². The summed E-state index contributed by atoms with van der Waals surface area (Å²) in [6.07, 6.45) is 1.39. The van der Waals surface area contributed by atoms with Crippen LogP contribution in [0.15, 0.2) is 24.5 Å². The minimum atomic E-state index is -0.361. The van der Waals surface area contributed by atoms with E-state index in [4.69, 9.17) is 11.6 Å². The molecule has 0 radical (unpaired) electrons. The maximum atomic E-state index is 11.3. The van der Waals surface area contributed by atoms with Gasteiger partial charge in [-0.15, -0.1) is 0 Å². The molecule has 0 aliphatic carbocycles. The van der Waals surface area contributed by atoms with Crippen molar-refractivity contribution in [3.8, 4) is 11.8 Å².